The van der Waals surface area contributed by atoms with E-state index in [1.807, 2.05) is 0 Å². The quantitative estimate of drug-likeness (QED) is 0.269. The van der Waals surface area contributed by atoms with Gasteiger partial charge in [-0.2, -0.15) is 0 Å². The van der Waals surface area contributed by atoms with Crippen LogP contribution in [0.15, 0.2) is 12.2 Å². The van der Waals surface area contributed by atoms with Gasteiger partial charge in [-0.15, -0.1) is 0 Å². The van der Waals surface area contributed by atoms with Crippen molar-refractivity contribution in [1.82, 2.24) is 0 Å². The van der Waals surface area contributed by atoms with Gasteiger partial charge < -0.3 is 4.74 Å². The predicted octanol–water partition coefficient (Wildman–Crippen LogP) is 3.62. The molecule has 0 radical (unpaired) electrons. The van der Waals surface area contributed by atoms with Crippen LogP contribution >= 0.6 is 0 Å². The summed E-state index contributed by atoms with van der Waals surface area (Å²) in [5.74, 6) is -7.78. The molecular weight excluding hydrogens is 328 g/mol. The van der Waals surface area contributed by atoms with E-state index in [4.69, 9.17) is 4.74 Å². The number of esters is 1. The van der Waals surface area contributed by atoms with E-state index in [2.05, 4.69) is 0 Å². The topological polar surface area (TPSA) is 43.4 Å². The largest absolute Gasteiger partial charge is 0.460 e. The first-order valence-electron chi connectivity index (χ1n) is 7.24. The summed E-state index contributed by atoms with van der Waals surface area (Å²) in [5, 5.41) is 0. The summed E-state index contributed by atoms with van der Waals surface area (Å²) in [5.41, 5.74) is -2.22. The number of aldehydes is 1. The Morgan fingerprint density at radius 1 is 1.12 bits per heavy atom. The number of carbonyl (C=O) groups excluding carboxylic acids is 2. The number of benzene rings is 1. The van der Waals surface area contributed by atoms with Crippen LogP contribution in [0.2, 0.25) is 0 Å². The summed E-state index contributed by atoms with van der Waals surface area (Å²) in [6.07, 6.45) is 3.37. The highest BCUT2D eigenvalue weighted by Crippen LogP contribution is 2.59. The van der Waals surface area contributed by atoms with Gasteiger partial charge in [0.05, 0.1) is 11.5 Å². The van der Waals surface area contributed by atoms with Crippen molar-refractivity contribution in [2.24, 2.45) is 17.3 Å². The van der Waals surface area contributed by atoms with Gasteiger partial charge >= 0.3 is 5.97 Å². The Bertz CT molecular complexity index is 696. The molecule has 0 spiro atoms. The second kappa shape index (κ2) is 6.37. The lowest BCUT2D eigenvalue weighted by Gasteiger charge is -2.10. The maximum absolute atomic E-state index is 13.7. The molecule has 0 heterocycles. The summed E-state index contributed by atoms with van der Waals surface area (Å²) in [4.78, 5) is 22.4. The molecule has 1 aliphatic rings. The monoisotopic (exact) mass is 344 g/mol. The van der Waals surface area contributed by atoms with Crippen LogP contribution in [-0.2, 0) is 20.9 Å². The molecule has 0 saturated heterocycles. The van der Waals surface area contributed by atoms with Gasteiger partial charge in [-0.25, -0.2) is 17.6 Å². The van der Waals surface area contributed by atoms with E-state index in [1.165, 1.54) is 6.08 Å². The van der Waals surface area contributed by atoms with Crippen LogP contribution in [-0.4, -0.2) is 12.3 Å². The molecule has 1 fully saturated rings. The Morgan fingerprint density at radius 3 is 2.17 bits per heavy atom. The van der Waals surface area contributed by atoms with Crippen molar-refractivity contribution in [3.63, 3.8) is 0 Å². The standard InChI is InChI=1S/C17H16F4O3/c1-8-12(18)14(20)9(15(21)13(8)19)7-24-16(23)11-10(5-4-6-22)17(11,2)3/h4-6,10-11H,7H2,1-3H3. The van der Waals surface area contributed by atoms with Crippen LogP contribution in [0.5, 0.6) is 0 Å². The minimum atomic E-state index is -1.58. The number of hydrogen-bond donors (Lipinski definition) is 0. The molecule has 2 atom stereocenters. The van der Waals surface area contributed by atoms with E-state index < -0.39 is 58.3 Å². The average Bonchev–Trinajstić information content (AvgIpc) is 3.09. The van der Waals surface area contributed by atoms with E-state index in [0.717, 1.165) is 6.92 Å². The van der Waals surface area contributed by atoms with Crippen LogP contribution in [0.25, 0.3) is 0 Å². The molecule has 0 aromatic heterocycles. The molecule has 1 aromatic carbocycles. The molecule has 0 amide bonds. The third-order valence-corrected chi connectivity index (χ3v) is 4.49. The SMILES string of the molecule is Cc1c(F)c(F)c(COC(=O)C2C(C=CC=O)C2(C)C)c(F)c1F. The third-order valence-electron chi connectivity index (χ3n) is 4.49. The van der Waals surface area contributed by atoms with E-state index in [0.29, 0.717) is 6.29 Å². The van der Waals surface area contributed by atoms with E-state index >= 15 is 0 Å². The molecule has 1 aromatic rings. The van der Waals surface area contributed by atoms with Gasteiger partial charge in [-0.1, -0.05) is 19.9 Å². The predicted molar refractivity (Wildman–Crippen MR) is 76.8 cm³/mol. The number of halogens is 4. The van der Waals surface area contributed by atoms with Gasteiger partial charge in [0, 0.05) is 5.56 Å². The molecule has 0 bridgehead atoms. The fraction of sp³-hybridized carbons (Fsp3) is 0.412. The van der Waals surface area contributed by atoms with Crippen molar-refractivity contribution in [3.8, 4) is 0 Å². The average molecular weight is 344 g/mol. The summed E-state index contributed by atoms with van der Waals surface area (Å²) in [7, 11) is 0. The molecule has 2 unspecified atom stereocenters. The van der Waals surface area contributed by atoms with Gasteiger partial charge in [0.1, 0.15) is 12.9 Å². The van der Waals surface area contributed by atoms with E-state index in [1.54, 1.807) is 19.9 Å². The first-order valence-corrected chi connectivity index (χ1v) is 7.24. The molecule has 0 N–H and O–H groups in total. The van der Waals surface area contributed by atoms with Gasteiger partial charge in [0.25, 0.3) is 0 Å². The Kier molecular flexibility index (Phi) is 4.82. The van der Waals surface area contributed by atoms with Crippen molar-refractivity contribution < 1.29 is 31.9 Å². The number of carbonyl (C=O) groups is 2. The number of rotatable bonds is 5. The van der Waals surface area contributed by atoms with E-state index in [9.17, 15) is 27.2 Å². The molecule has 24 heavy (non-hydrogen) atoms. The molecule has 1 aliphatic carbocycles. The number of allylic oxidation sites excluding steroid dienone is 2. The lowest BCUT2D eigenvalue weighted by Crippen LogP contribution is -2.14. The van der Waals surface area contributed by atoms with Gasteiger partial charge in [0.2, 0.25) is 0 Å². The highest BCUT2D eigenvalue weighted by atomic mass is 19.2. The smallest absolute Gasteiger partial charge is 0.310 e. The highest BCUT2D eigenvalue weighted by molar-refractivity contribution is 5.78. The Balaban J connectivity index is 2.14. The molecule has 0 aliphatic heterocycles. The summed E-state index contributed by atoms with van der Waals surface area (Å²) >= 11 is 0. The lowest BCUT2D eigenvalue weighted by molar-refractivity contribution is -0.147. The normalized spacial score (nSPS) is 21.8. The Morgan fingerprint density at radius 2 is 1.67 bits per heavy atom. The first kappa shape index (κ1) is 18.2. The minimum absolute atomic E-state index is 0.253. The number of hydrogen-bond acceptors (Lipinski definition) is 3. The minimum Gasteiger partial charge on any atom is -0.460 e. The second-order valence-electron chi connectivity index (χ2n) is 6.31. The molecule has 1 saturated carbocycles. The fourth-order valence-corrected chi connectivity index (χ4v) is 2.80. The Hall–Kier alpha value is -2.18. The summed E-state index contributed by atoms with van der Waals surface area (Å²) < 4.78 is 59.3. The van der Waals surface area contributed by atoms with Gasteiger partial charge in [-0.05, 0) is 24.3 Å². The van der Waals surface area contributed by atoms with Crippen molar-refractivity contribution >= 4 is 12.3 Å². The molecule has 130 valence electrons. The van der Waals surface area contributed by atoms with E-state index in [-0.39, 0.29) is 5.92 Å². The van der Waals surface area contributed by atoms with Gasteiger partial charge in [0.15, 0.2) is 23.3 Å². The maximum atomic E-state index is 13.7. The summed E-state index contributed by atoms with van der Waals surface area (Å²) in [6.45, 7) is 3.53. The van der Waals surface area contributed by atoms with Crippen LogP contribution in [0, 0.1) is 47.4 Å². The van der Waals surface area contributed by atoms with Crippen LogP contribution in [0.1, 0.15) is 25.0 Å². The molecule has 2 rings (SSSR count). The van der Waals surface area contributed by atoms with Crippen molar-refractivity contribution in [2.45, 2.75) is 27.4 Å². The van der Waals surface area contributed by atoms with Crippen molar-refractivity contribution in [1.29, 1.82) is 0 Å². The number of ether oxygens (including phenoxy) is 1. The molecular formula is C17H16F4O3. The van der Waals surface area contributed by atoms with Crippen molar-refractivity contribution in [2.75, 3.05) is 0 Å². The third kappa shape index (κ3) is 2.95. The van der Waals surface area contributed by atoms with Crippen LogP contribution < -0.4 is 0 Å². The van der Waals surface area contributed by atoms with Crippen LogP contribution in [0.4, 0.5) is 17.6 Å². The maximum Gasteiger partial charge on any atom is 0.310 e. The zero-order valence-corrected chi connectivity index (χ0v) is 13.3. The van der Waals surface area contributed by atoms with Crippen molar-refractivity contribution in [3.05, 3.63) is 46.5 Å². The summed E-state index contributed by atoms with van der Waals surface area (Å²) in [6, 6.07) is 0. The molecule has 3 nitrogen and oxygen atoms in total. The highest BCUT2D eigenvalue weighted by Gasteiger charge is 2.61. The van der Waals surface area contributed by atoms with Crippen LogP contribution in [0.3, 0.4) is 0 Å². The first-order chi connectivity index (χ1) is 11.1. The Labute approximate surface area is 136 Å². The van der Waals surface area contributed by atoms with Gasteiger partial charge in [-0.3, -0.25) is 9.59 Å². The zero-order chi connectivity index (χ0) is 18.2. The lowest BCUT2D eigenvalue weighted by atomic mass is 10.1. The fourth-order valence-electron chi connectivity index (χ4n) is 2.80. The second-order valence-corrected chi connectivity index (χ2v) is 6.31. The molecule has 7 heteroatoms. The zero-order valence-electron chi connectivity index (χ0n) is 13.3.